The lowest BCUT2D eigenvalue weighted by molar-refractivity contribution is -0.123. The van der Waals surface area contributed by atoms with Gasteiger partial charge in [-0.2, -0.15) is 0 Å². The molecule has 1 saturated heterocycles. The Balaban J connectivity index is 2.31. The molecular weight excluding hydrogens is 183 g/mol. The molecule has 2 N–H and O–H groups in total. The third-order valence-electron chi connectivity index (χ3n) is 2.44. The Morgan fingerprint density at radius 1 is 1.64 bits per heavy atom. The van der Waals surface area contributed by atoms with Gasteiger partial charge < -0.3 is 10.6 Å². The van der Waals surface area contributed by atoms with Crippen LogP contribution in [-0.2, 0) is 4.79 Å². The monoisotopic (exact) mass is 202 g/mol. The molecule has 0 aromatic heterocycles. The van der Waals surface area contributed by atoms with Gasteiger partial charge in [-0.15, -0.1) is 0 Å². The fourth-order valence-electron chi connectivity index (χ4n) is 1.72. The topological polar surface area (TPSA) is 41.1 Å². The summed E-state index contributed by atoms with van der Waals surface area (Å²) in [7, 11) is 0. The van der Waals surface area contributed by atoms with Gasteiger partial charge in [-0.25, -0.2) is 4.39 Å². The van der Waals surface area contributed by atoms with Crippen LogP contribution >= 0.6 is 0 Å². The molecule has 1 fully saturated rings. The summed E-state index contributed by atoms with van der Waals surface area (Å²) in [6.07, 6.45) is 0.204. The molecule has 1 aliphatic heterocycles. The van der Waals surface area contributed by atoms with E-state index in [1.165, 1.54) is 0 Å². The van der Waals surface area contributed by atoms with Gasteiger partial charge in [0.1, 0.15) is 6.17 Å². The zero-order valence-corrected chi connectivity index (χ0v) is 8.85. The summed E-state index contributed by atoms with van der Waals surface area (Å²) in [5, 5.41) is 5.76. The van der Waals surface area contributed by atoms with Crippen molar-refractivity contribution in [3.8, 4) is 0 Å². The Morgan fingerprint density at radius 2 is 2.36 bits per heavy atom. The van der Waals surface area contributed by atoms with Crippen LogP contribution in [0.1, 0.15) is 26.7 Å². The number of nitrogens with one attached hydrogen (secondary N) is 2. The van der Waals surface area contributed by atoms with Crippen molar-refractivity contribution in [2.45, 2.75) is 38.9 Å². The van der Waals surface area contributed by atoms with E-state index in [9.17, 15) is 9.18 Å². The van der Waals surface area contributed by atoms with E-state index in [0.717, 1.165) is 13.0 Å². The summed E-state index contributed by atoms with van der Waals surface area (Å²) in [6, 6.07) is 0.141. The molecule has 0 radical (unpaired) electrons. The third-order valence-corrected chi connectivity index (χ3v) is 2.44. The molecule has 0 aromatic rings. The standard InChI is InChI=1S/C10H19FN2O/c1-7(2)13-10(14)5-8-3-4-12-6-9(8)11/h7-9,12H,3-6H2,1-2H3,(H,13,14). The molecule has 2 unspecified atom stereocenters. The van der Waals surface area contributed by atoms with E-state index in [0.29, 0.717) is 13.0 Å². The molecule has 2 atom stereocenters. The lowest BCUT2D eigenvalue weighted by Crippen LogP contribution is -2.41. The fraction of sp³-hybridized carbons (Fsp3) is 0.900. The number of hydrogen-bond acceptors (Lipinski definition) is 2. The Hall–Kier alpha value is -0.640. The molecule has 3 nitrogen and oxygen atoms in total. The summed E-state index contributed by atoms with van der Waals surface area (Å²) >= 11 is 0. The average molecular weight is 202 g/mol. The van der Waals surface area contributed by atoms with Crippen LogP contribution in [0.2, 0.25) is 0 Å². The lowest BCUT2D eigenvalue weighted by atomic mass is 9.92. The number of carbonyl (C=O) groups excluding carboxylic acids is 1. The summed E-state index contributed by atoms with van der Waals surface area (Å²) in [6.45, 7) is 5.03. The number of hydrogen-bond donors (Lipinski definition) is 2. The molecular formula is C10H19FN2O. The van der Waals surface area contributed by atoms with Crippen molar-refractivity contribution >= 4 is 5.91 Å². The van der Waals surface area contributed by atoms with Crippen molar-refractivity contribution in [1.82, 2.24) is 10.6 Å². The van der Waals surface area contributed by atoms with E-state index in [-0.39, 0.29) is 17.9 Å². The van der Waals surface area contributed by atoms with Gasteiger partial charge in [-0.3, -0.25) is 4.79 Å². The first kappa shape index (κ1) is 11.4. The van der Waals surface area contributed by atoms with Crippen LogP contribution in [0.15, 0.2) is 0 Å². The highest BCUT2D eigenvalue weighted by Gasteiger charge is 2.26. The number of piperidine rings is 1. The summed E-state index contributed by atoms with van der Waals surface area (Å²) < 4.78 is 13.3. The zero-order valence-electron chi connectivity index (χ0n) is 8.85. The predicted octanol–water partition coefficient (Wildman–Crippen LogP) is 0.849. The lowest BCUT2D eigenvalue weighted by Gasteiger charge is -2.26. The molecule has 82 valence electrons. The first-order chi connectivity index (χ1) is 6.59. The van der Waals surface area contributed by atoms with Crippen LogP contribution in [0.4, 0.5) is 4.39 Å². The van der Waals surface area contributed by atoms with Crippen LogP contribution in [0.25, 0.3) is 0 Å². The molecule has 14 heavy (non-hydrogen) atoms. The highest BCUT2D eigenvalue weighted by molar-refractivity contribution is 5.76. The maximum atomic E-state index is 13.3. The normalized spacial score (nSPS) is 27.7. The van der Waals surface area contributed by atoms with Crippen molar-refractivity contribution in [3.05, 3.63) is 0 Å². The van der Waals surface area contributed by atoms with Gasteiger partial charge in [-0.1, -0.05) is 0 Å². The second-order valence-corrected chi connectivity index (χ2v) is 4.20. The van der Waals surface area contributed by atoms with Crippen LogP contribution in [0.5, 0.6) is 0 Å². The minimum Gasteiger partial charge on any atom is -0.354 e. The molecule has 0 saturated carbocycles. The van der Waals surface area contributed by atoms with Gasteiger partial charge >= 0.3 is 0 Å². The second kappa shape index (κ2) is 5.29. The molecule has 4 heteroatoms. The fourth-order valence-corrected chi connectivity index (χ4v) is 1.72. The average Bonchev–Trinajstić information content (AvgIpc) is 2.07. The van der Waals surface area contributed by atoms with Crippen LogP contribution < -0.4 is 10.6 Å². The van der Waals surface area contributed by atoms with Crippen LogP contribution in [-0.4, -0.2) is 31.2 Å². The third kappa shape index (κ3) is 3.62. The molecule has 0 bridgehead atoms. The van der Waals surface area contributed by atoms with Gasteiger partial charge in [0.2, 0.25) is 5.91 Å². The van der Waals surface area contributed by atoms with Gasteiger partial charge in [0.25, 0.3) is 0 Å². The number of carbonyl (C=O) groups is 1. The van der Waals surface area contributed by atoms with Crippen LogP contribution in [0, 0.1) is 5.92 Å². The van der Waals surface area contributed by atoms with E-state index in [2.05, 4.69) is 10.6 Å². The number of rotatable bonds is 3. The number of amides is 1. The Labute approximate surface area is 84.4 Å². The van der Waals surface area contributed by atoms with E-state index in [1.54, 1.807) is 0 Å². The molecule has 1 heterocycles. The van der Waals surface area contributed by atoms with Crippen molar-refractivity contribution in [2.24, 2.45) is 5.92 Å². The summed E-state index contributed by atoms with van der Waals surface area (Å²) in [5.74, 6) is -0.135. The van der Waals surface area contributed by atoms with Gasteiger partial charge in [0.15, 0.2) is 0 Å². The van der Waals surface area contributed by atoms with Crippen molar-refractivity contribution in [3.63, 3.8) is 0 Å². The molecule has 0 spiro atoms. The highest BCUT2D eigenvalue weighted by Crippen LogP contribution is 2.19. The number of alkyl halides is 1. The Kier molecular flexibility index (Phi) is 4.32. The van der Waals surface area contributed by atoms with Crippen molar-refractivity contribution < 1.29 is 9.18 Å². The first-order valence-electron chi connectivity index (χ1n) is 5.23. The van der Waals surface area contributed by atoms with E-state index in [4.69, 9.17) is 0 Å². The maximum Gasteiger partial charge on any atom is 0.220 e. The van der Waals surface area contributed by atoms with Crippen molar-refractivity contribution in [2.75, 3.05) is 13.1 Å². The molecule has 0 aromatic carbocycles. The Morgan fingerprint density at radius 3 is 2.93 bits per heavy atom. The summed E-state index contributed by atoms with van der Waals surface area (Å²) in [4.78, 5) is 11.4. The number of halogens is 1. The zero-order chi connectivity index (χ0) is 10.6. The molecule has 1 amide bonds. The van der Waals surface area contributed by atoms with E-state index >= 15 is 0 Å². The largest absolute Gasteiger partial charge is 0.354 e. The van der Waals surface area contributed by atoms with Gasteiger partial charge in [-0.05, 0) is 26.8 Å². The Bertz CT molecular complexity index is 197. The van der Waals surface area contributed by atoms with E-state index < -0.39 is 6.17 Å². The first-order valence-corrected chi connectivity index (χ1v) is 5.23. The quantitative estimate of drug-likeness (QED) is 0.712. The predicted molar refractivity (Wildman–Crippen MR) is 53.8 cm³/mol. The second-order valence-electron chi connectivity index (χ2n) is 4.20. The maximum absolute atomic E-state index is 13.3. The van der Waals surface area contributed by atoms with Gasteiger partial charge in [0, 0.05) is 24.9 Å². The molecule has 0 aliphatic carbocycles. The smallest absolute Gasteiger partial charge is 0.220 e. The van der Waals surface area contributed by atoms with E-state index in [1.807, 2.05) is 13.8 Å². The minimum absolute atomic E-state index is 0.0328. The van der Waals surface area contributed by atoms with Crippen molar-refractivity contribution in [1.29, 1.82) is 0 Å². The minimum atomic E-state index is -0.873. The molecule has 1 rings (SSSR count). The highest BCUT2D eigenvalue weighted by atomic mass is 19.1. The summed E-state index contributed by atoms with van der Waals surface area (Å²) in [5.41, 5.74) is 0. The van der Waals surface area contributed by atoms with Crippen LogP contribution in [0.3, 0.4) is 0 Å². The van der Waals surface area contributed by atoms with Gasteiger partial charge in [0.05, 0.1) is 0 Å². The SMILES string of the molecule is CC(C)NC(=O)CC1CCNCC1F. The molecule has 1 aliphatic rings.